The molecule has 0 bridgehead atoms. The van der Waals surface area contributed by atoms with Gasteiger partial charge in [0.1, 0.15) is 5.82 Å². The number of anilines is 1. The Hall–Kier alpha value is -4.08. The van der Waals surface area contributed by atoms with Gasteiger partial charge in [0.15, 0.2) is 11.5 Å². The molecule has 6 nitrogen and oxygen atoms in total. The van der Waals surface area contributed by atoms with Gasteiger partial charge >= 0.3 is 6.18 Å². The molecule has 1 N–H and O–H groups in total. The predicted octanol–water partition coefficient (Wildman–Crippen LogP) is 5.41. The summed E-state index contributed by atoms with van der Waals surface area (Å²) < 4.78 is 64.4. The molecule has 0 radical (unpaired) electrons. The van der Waals surface area contributed by atoms with E-state index in [0.29, 0.717) is 0 Å². The van der Waals surface area contributed by atoms with Crippen molar-refractivity contribution < 1.29 is 36.6 Å². The molecule has 1 heterocycles. The maximum atomic E-state index is 14.9. The Balaban J connectivity index is 1.84. The van der Waals surface area contributed by atoms with E-state index in [1.54, 1.807) is 6.07 Å². The van der Waals surface area contributed by atoms with Gasteiger partial charge in [0.05, 0.1) is 31.7 Å². The van der Waals surface area contributed by atoms with E-state index in [0.717, 1.165) is 24.3 Å². The van der Waals surface area contributed by atoms with Crippen LogP contribution in [0, 0.1) is 5.82 Å². The number of ether oxygens (including phenoxy) is 2. The first-order valence-corrected chi connectivity index (χ1v) is 10.8. The number of hydrogen-bond acceptors (Lipinski definition) is 4. The van der Waals surface area contributed by atoms with Crippen LogP contribution < -0.4 is 14.8 Å². The summed E-state index contributed by atoms with van der Waals surface area (Å²) in [7, 11) is 4.25. The standard InChI is InChI=1S/C26H22F4N2O4/c1-32-23(16-6-4-5-7-19(16)27)22(17-12-20(35-2)21(36-3)13-18(17)25(32)34)24(33)31-15-10-8-14(9-11-15)26(28,29)30/h4-13,22-23H,1-3H3,(H,31,33)/t22-,23-/m1/s1. The fraction of sp³-hybridized carbons (Fsp3) is 0.231. The predicted molar refractivity (Wildman–Crippen MR) is 124 cm³/mol. The summed E-state index contributed by atoms with van der Waals surface area (Å²) in [6.45, 7) is 0. The maximum absolute atomic E-state index is 14.9. The van der Waals surface area contributed by atoms with Gasteiger partial charge in [-0.2, -0.15) is 13.2 Å². The molecule has 0 saturated heterocycles. The summed E-state index contributed by atoms with van der Waals surface area (Å²) in [6.07, 6.45) is -4.53. The van der Waals surface area contributed by atoms with Crippen molar-refractivity contribution in [2.75, 3.05) is 26.6 Å². The maximum Gasteiger partial charge on any atom is 0.416 e. The molecule has 0 aliphatic carbocycles. The summed E-state index contributed by atoms with van der Waals surface area (Å²) in [6, 6.07) is 11.6. The molecule has 1 aliphatic heterocycles. The van der Waals surface area contributed by atoms with Gasteiger partial charge in [-0.15, -0.1) is 0 Å². The Morgan fingerprint density at radius 3 is 2.14 bits per heavy atom. The lowest BCUT2D eigenvalue weighted by molar-refractivity contribution is -0.137. The van der Waals surface area contributed by atoms with Gasteiger partial charge in [0.2, 0.25) is 5.91 Å². The average Bonchev–Trinajstić information content (AvgIpc) is 2.85. The molecular formula is C26H22F4N2O4. The van der Waals surface area contributed by atoms with Crippen LogP contribution in [-0.2, 0) is 11.0 Å². The minimum absolute atomic E-state index is 0.112. The largest absolute Gasteiger partial charge is 0.493 e. The number of benzene rings is 3. The van der Waals surface area contributed by atoms with E-state index < -0.39 is 41.3 Å². The minimum atomic E-state index is -4.53. The molecule has 0 saturated carbocycles. The third-order valence-electron chi connectivity index (χ3n) is 6.16. The van der Waals surface area contributed by atoms with E-state index in [1.807, 2.05) is 0 Å². The van der Waals surface area contributed by atoms with Crippen molar-refractivity contribution in [3.05, 3.63) is 88.7 Å². The number of hydrogen-bond donors (Lipinski definition) is 1. The van der Waals surface area contributed by atoms with Crippen LogP contribution in [0.2, 0.25) is 0 Å². The molecule has 0 fully saturated rings. The lowest BCUT2D eigenvalue weighted by Gasteiger charge is -2.40. The fourth-order valence-corrected chi connectivity index (χ4v) is 4.40. The summed E-state index contributed by atoms with van der Waals surface area (Å²) >= 11 is 0. The molecule has 3 aromatic carbocycles. The van der Waals surface area contributed by atoms with Gasteiger partial charge in [-0.1, -0.05) is 18.2 Å². The lowest BCUT2D eigenvalue weighted by Crippen LogP contribution is -2.44. The van der Waals surface area contributed by atoms with Crippen LogP contribution in [0.25, 0.3) is 0 Å². The number of methoxy groups -OCH3 is 2. The third kappa shape index (κ3) is 4.46. The van der Waals surface area contributed by atoms with Gasteiger partial charge in [0, 0.05) is 23.9 Å². The Bertz CT molecular complexity index is 1310. The normalized spacial score (nSPS) is 17.4. The van der Waals surface area contributed by atoms with Crippen LogP contribution in [0.1, 0.15) is 39.0 Å². The van der Waals surface area contributed by atoms with E-state index in [9.17, 15) is 27.2 Å². The Kier molecular flexibility index (Phi) is 6.62. The van der Waals surface area contributed by atoms with E-state index in [1.165, 1.54) is 56.5 Å². The SMILES string of the molecule is COc1cc2c(cc1OC)[C@@H](C(=O)Nc1ccc(C(F)(F)F)cc1)[C@@H](c1ccccc1F)N(C)C2=O. The minimum Gasteiger partial charge on any atom is -0.493 e. The topological polar surface area (TPSA) is 67.9 Å². The fourth-order valence-electron chi connectivity index (χ4n) is 4.40. The van der Waals surface area contributed by atoms with Crippen molar-refractivity contribution in [2.24, 2.45) is 0 Å². The highest BCUT2D eigenvalue weighted by molar-refractivity contribution is 6.05. The molecule has 36 heavy (non-hydrogen) atoms. The van der Waals surface area contributed by atoms with Gasteiger partial charge in [-0.25, -0.2) is 4.39 Å². The number of halogens is 4. The van der Waals surface area contributed by atoms with E-state index in [-0.39, 0.29) is 33.9 Å². The number of rotatable bonds is 5. The number of amides is 2. The summed E-state index contributed by atoms with van der Waals surface area (Å²) in [4.78, 5) is 28.2. The number of carbonyl (C=O) groups is 2. The van der Waals surface area contributed by atoms with Crippen molar-refractivity contribution in [3.8, 4) is 11.5 Å². The van der Waals surface area contributed by atoms with Crippen molar-refractivity contribution in [1.29, 1.82) is 0 Å². The van der Waals surface area contributed by atoms with Crippen molar-refractivity contribution in [1.82, 2.24) is 4.90 Å². The highest BCUT2D eigenvalue weighted by Gasteiger charge is 2.44. The van der Waals surface area contributed by atoms with E-state index in [4.69, 9.17) is 9.47 Å². The number of nitrogens with zero attached hydrogens (tertiary/aromatic N) is 1. The van der Waals surface area contributed by atoms with Crippen molar-refractivity contribution >= 4 is 17.5 Å². The van der Waals surface area contributed by atoms with Crippen molar-refractivity contribution in [2.45, 2.75) is 18.1 Å². The van der Waals surface area contributed by atoms with Gasteiger partial charge in [-0.3, -0.25) is 9.59 Å². The Morgan fingerprint density at radius 1 is 0.944 bits per heavy atom. The second kappa shape index (κ2) is 9.52. The highest BCUT2D eigenvalue weighted by Crippen LogP contribution is 2.46. The molecule has 0 spiro atoms. The van der Waals surface area contributed by atoms with Crippen LogP contribution in [0.4, 0.5) is 23.2 Å². The number of carbonyl (C=O) groups excluding carboxylic acids is 2. The molecule has 3 aromatic rings. The smallest absolute Gasteiger partial charge is 0.416 e. The van der Waals surface area contributed by atoms with Crippen LogP contribution in [0.15, 0.2) is 60.7 Å². The Labute approximate surface area is 204 Å². The van der Waals surface area contributed by atoms with E-state index in [2.05, 4.69) is 5.32 Å². The molecule has 188 valence electrons. The third-order valence-corrected chi connectivity index (χ3v) is 6.16. The quantitative estimate of drug-likeness (QED) is 0.474. The summed E-state index contributed by atoms with van der Waals surface area (Å²) in [5.74, 6) is -2.31. The molecule has 2 amide bonds. The van der Waals surface area contributed by atoms with Crippen LogP contribution in [-0.4, -0.2) is 38.0 Å². The van der Waals surface area contributed by atoms with Crippen LogP contribution >= 0.6 is 0 Å². The number of likely N-dealkylation sites (N-methyl/N-ethyl adjacent to an activating group) is 1. The molecule has 0 aromatic heterocycles. The first-order chi connectivity index (χ1) is 17.1. The number of alkyl halides is 3. The van der Waals surface area contributed by atoms with Gasteiger partial charge < -0.3 is 19.7 Å². The van der Waals surface area contributed by atoms with Crippen LogP contribution in [0.3, 0.4) is 0 Å². The summed E-state index contributed by atoms with van der Waals surface area (Å²) in [5.41, 5.74) is -0.207. The number of fused-ring (bicyclic) bond motifs is 1. The van der Waals surface area contributed by atoms with Crippen molar-refractivity contribution in [3.63, 3.8) is 0 Å². The molecule has 0 unspecified atom stereocenters. The van der Waals surface area contributed by atoms with Gasteiger partial charge in [0.25, 0.3) is 5.91 Å². The second-order valence-corrected chi connectivity index (χ2v) is 8.22. The molecule has 2 atom stereocenters. The monoisotopic (exact) mass is 502 g/mol. The van der Waals surface area contributed by atoms with Gasteiger partial charge in [-0.05, 0) is 48.0 Å². The first-order valence-electron chi connectivity index (χ1n) is 10.8. The molecule has 10 heteroatoms. The zero-order valence-corrected chi connectivity index (χ0v) is 19.5. The highest BCUT2D eigenvalue weighted by atomic mass is 19.4. The van der Waals surface area contributed by atoms with Crippen LogP contribution in [0.5, 0.6) is 11.5 Å². The second-order valence-electron chi connectivity index (χ2n) is 8.22. The Morgan fingerprint density at radius 2 is 1.56 bits per heavy atom. The van der Waals surface area contributed by atoms with E-state index >= 15 is 0 Å². The molecular weight excluding hydrogens is 480 g/mol. The molecule has 4 rings (SSSR count). The zero-order chi connectivity index (χ0) is 26.2. The summed E-state index contributed by atoms with van der Waals surface area (Å²) in [5, 5.41) is 2.61. The zero-order valence-electron chi connectivity index (χ0n) is 19.5. The first kappa shape index (κ1) is 25.0. The number of nitrogens with one attached hydrogen (secondary N) is 1. The lowest BCUT2D eigenvalue weighted by atomic mass is 9.79. The average molecular weight is 502 g/mol. The molecule has 1 aliphatic rings.